The first-order chi connectivity index (χ1) is 25.2. The van der Waals surface area contributed by atoms with Crippen molar-refractivity contribution in [1.82, 2.24) is 0 Å². The van der Waals surface area contributed by atoms with Crippen molar-refractivity contribution >= 4 is 11.6 Å². The Hall–Kier alpha value is -1.62. The van der Waals surface area contributed by atoms with E-state index in [1.807, 2.05) is 20.8 Å². The highest BCUT2D eigenvalue weighted by Crippen LogP contribution is 2.39. The summed E-state index contributed by atoms with van der Waals surface area (Å²) in [5, 5.41) is 63.4. The summed E-state index contributed by atoms with van der Waals surface area (Å²) in [4.78, 5) is 26.2. The van der Waals surface area contributed by atoms with Gasteiger partial charge >= 0.3 is 0 Å². The average molecular weight is 755 g/mol. The Labute approximate surface area is 314 Å². The fourth-order valence-corrected chi connectivity index (χ4v) is 8.55. The Morgan fingerprint density at radius 2 is 1.64 bits per heavy atom. The fraction of sp³-hybridized carbons (Fsp3) is 0.850. The molecule has 4 saturated heterocycles. The van der Waals surface area contributed by atoms with Gasteiger partial charge in [0, 0.05) is 58.0 Å². The minimum atomic E-state index is -1.10. The predicted molar refractivity (Wildman–Crippen MR) is 195 cm³/mol. The number of ketones is 2. The first-order valence-corrected chi connectivity index (χ1v) is 19.7. The molecule has 304 valence electrons. The van der Waals surface area contributed by atoms with Crippen LogP contribution in [-0.2, 0) is 33.3 Å². The topological polar surface area (TPSA) is 202 Å². The molecular weight excluding hydrogens is 688 g/mol. The fourth-order valence-electron chi connectivity index (χ4n) is 8.55. The van der Waals surface area contributed by atoms with Gasteiger partial charge in [0.25, 0.3) is 0 Å². The van der Waals surface area contributed by atoms with Gasteiger partial charge in [-0.25, -0.2) is 0 Å². The molecule has 0 amide bonds. The summed E-state index contributed by atoms with van der Waals surface area (Å²) in [7, 11) is 1.50. The first-order valence-electron chi connectivity index (χ1n) is 19.7. The Bertz CT molecular complexity index is 1210. The SMILES string of the molecule is C=C(C(O)C[C@@H]1OC(CC(O)CO)[C@H](OC)C1CC(=O)CC(O)CCC1CC(O)C2O[C@H](CC(=O)CCC3CC(=C)[C@H](CC)O3)C(O)[C@@H]2O1)[C@H](C)CC. The smallest absolute Gasteiger partial charge is 0.135 e. The van der Waals surface area contributed by atoms with E-state index in [-0.39, 0.29) is 74.6 Å². The monoisotopic (exact) mass is 754 g/mol. The molecule has 4 rings (SSSR count). The van der Waals surface area contributed by atoms with Gasteiger partial charge in [0.1, 0.15) is 29.9 Å². The molecule has 0 aromatic carbocycles. The first kappa shape index (κ1) is 44.1. The number of rotatable bonds is 22. The van der Waals surface area contributed by atoms with Crippen molar-refractivity contribution in [2.24, 2.45) is 11.8 Å². The summed E-state index contributed by atoms with van der Waals surface area (Å²) >= 11 is 0. The summed E-state index contributed by atoms with van der Waals surface area (Å²) in [5.74, 6) is -0.649. The van der Waals surface area contributed by atoms with Crippen LogP contribution in [0.2, 0.25) is 0 Å². The molecule has 10 unspecified atom stereocenters. The van der Waals surface area contributed by atoms with Crippen molar-refractivity contribution in [3.8, 4) is 0 Å². The van der Waals surface area contributed by atoms with Crippen LogP contribution >= 0.6 is 0 Å². The number of Topliss-reactive ketones (excluding diaryl/α,β-unsaturated/α-hetero) is 2. The largest absolute Gasteiger partial charge is 0.394 e. The summed E-state index contributed by atoms with van der Waals surface area (Å²) in [6.07, 6.45) is -5.34. The van der Waals surface area contributed by atoms with Crippen molar-refractivity contribution in [2.45, 2.75) is 190 Å². The molecule has 0 aliphatic carbocycles. The van der Waals surface area contributed by atoms with Crippen molar-refractivity contribution in [2.75, 3.05) is 13.7 Å². The van der Waals surface area contributed by atoms with Crippen molar-refractivity contribution in [3.05, 3.63) is 24.3 Å². The second-order valence-corrected chi connectivity index (χ2v) is 15.9. The van der Waals surface area contributed by atoms with Crippen molar-refractivity contribution in [1.29, 1.82) is 0 Å². The predicted octanol–water partition coefficient (Wildman–Crippen LogP) is 2.48. The summed E-state index contributed by atoms with van der Waals surface area (Å²) in [5.41, 5.74) is 1.73. The summed E-state index contributed by atoms with van der Waals surface area (Å²) in [6, 6.07) is 0. The molecule has 4 heterocycles. The highest BCUT2D eigenvalue weighted by molar-refractivity contribution is 5.79. The molecule has 0 spiro atoms. The second kappa shape index (κ2) is 20.5. The van der Waals surface area contributed by atoms with Crippen LogP contribution in [0, 0.1) is 11.8 Å². The molecular formula is C40H66O13. The Kier molecular flexibility index (Phi) is 17.1. The summed E-state index contributed by atoms with van der Waals surface area (Å²) < 4.78 is 30.0. The summed E-state index contributed by atoms with van der Waals surface area (Å²) in [6.45, 7) is 13.7. The van der Waals surface area contributed by atoms with E-state index in [4.69, 9.17) is 23.7 Å². The molecule has 13 heteroatoms. The molecule has 13 nitrogen and oxygen atoms in total. The standard InChI is InChI=1S/C40H66O13/c1-7-21(3)23(5)31(46)19-34-30(38(49-6)36(52-34)17-27(45)20-41)15-26(44)14-24(42)9-12-29-18-32(47)39-40(51-29)37(48)35(53-39)16-25(43)10-11-28-13-22(4)33(8-2)50-28/h21,24,27-42,45-48H,4-5,7-20H2,1-3,6H3/t21-,24?,27?,28?,29?,30?,31?,32?,33+,34+,35-,36?,37?,38-,39?,40+/m1/s1. The van der Waals surface area contributed by atoms with Gasteiger partial charge in [0.05, 0.1) is 73.8 Å². The van der Waals surface area contributed by atoms with Crippen LogP contribution in [0.3, 0.4) is 0 Å². The van der Waals surface area contributed by atoms with E-state index in [9.17, 15) is 40.2 Å². The molecule has 0 bridgehead atoms. The highest BCUT2D eigenvalue weighted by atomic mass is 16.6. The van der Waals surface area contributed by atoms with Crippen LogP contribution in [0.5, 0.6) is 0 Å². The average Bonchev–Trinajstić information content (AvgIpc) is 3.76. The van der Waals surface area contributed by atoms with Crippen LogP contribution in [0.15, 0.2) is 24.3 Å². The highest BCUT2D eigenvalue weighted by Gasteiger charge is 2.52. The van der Waals surface area contributed by atoms with E-state index in [1.165, 1.54) is 7.11 Å². The Morgan fingerprint density at radius 1 is 0.906 bits per heavy atom. The molecule has 4 aliphatic heterocycles. The molecule has 6 N–H and O–H groups in total. The zero-order chi connectivity index (χ0) is 39.0. The van der Waals surface area contributed by atoms with Crippen molar-refractivity contribution in [3.63, 3.8) is 0 Å². The zero-order valence-corrected chi connectivity index (χ0v) is 32.1. The third-order valence-electron chi connectivity index (χ3n) is 11.9. The lowest BCUT2D eigenvalue weighted by Crippen LogP contribution is -2.49. The quantitative estimate of drug-likeness (QED) is 0.0882. The van der Waals surface area contributed by atoms with E-state index in [0.29, 0.717) is 24.8 Å². The second-order valence-electron chi connectivity index (χ2n) is 15.9. The number of hydrogen-bond donors (Lipinski definition) is 6. The third-order valence-corrected chi connectivity index (χ3v) is 11.9. The minimum absolute atomic E-state index is 0.00572. The number of aliphatic hydroxyl groups excluding tert-OH is 6. The van der Waals surface area contributed by atoms with E-state index in [2.05, 4.69) is 13.2 Å². The number of carbonyl (C=O) groups excluding carboxylic acids is 2. The van der Waals surface area contributed by atoms with Gasteiger partial charge < -0.3 is 54.3 Å². The van der Waals surface area contributed by atoms with Gasteiger partial charge in [-0.1, -0.05) is 33.9 Å². The number of aliphatic hydroxyl groups is 6. The molecule has 4 fully saturated rings. The van der Waals surface area contributed by atoms with Crippen LogP contribution in [0.1, 0.15) is 104 Å². The van der Waals surface area contributed by atoms with Crippen LogP contribution < -0.4 is 0 Å². The maximum atomic E-state index is 13.4. The molecule has 53 heavy (non-hydrogen) atoms. The molecule has 0 saturated carbocycles. The number of methoxy groups -OCH3 is 1. The number of hydrogen-bond acceptors (Lipinski definition) is 13. The lowest BCUT2D eigenvalue weighted by molar-refractivity contribution is -0.165. The van der Waals surface area contributed by atoms with Gasteiger partial charge in [-0.05, 0) is 55.6 Å². The molecule has 0 radical (unpaired) electrons. The number of fused-ring (bicyclic) bond motifs is 1. The minimum Gasteiger partial charge on any atom is -0.394 e. The molecule has 4 aliphatic rings. The third kappa shape index (κ3) is 11.7. The van der Waals surface area contributed by atoms with Gasteiger partial charge in [-0.15, -0.1) is 0 Å². The Morgan fingerprint density at radius 3 is 2.28 bits per heavy atom. The van der Waals surface area contributed by atoms with Gasteiger partial charge in [-0.2, -0.15) is 0 Å². The van der Waals surface area contributed by atoms with Crippen LogP contribution in [-0.4, -0.2) is 141 Å². The zero-order valence-electron chi connectivity index (χ0n) is 32.1. The maximum Gasteiger partial charge on any atom is 0.135 e. The van der Waals surface area contributed by atoms with Gasteiger partial charge in [0.15, 0.2) is 0 Å². The van der Waals surface area contributed by atoms with E-state index < -0.39 is 85.8 Å². The van der Waals surface area contributed by atoms with E-state index >= 15 is 0 Å². The van der Waals surface area contributed by atoms with Crippen molar-refractivity contribution < 1.29 is 63.9 Å². The van der Waals surface area contributed by atoms with Crippen LogP contribution in [0.4, 0.5) is 0 Å². The van der Waals surface area contributed by atoms with Gasteiger partial charge in [0.2, 0.25) is 0 Å². The van der Waals surface area contributed by atoms with E-state index in [1.54, 1.807) is 0 Å². The van der Waals surface area contributed by atoms with E-state index in [0.717, 1.165) is 24.8 Å². The Balaban J connectivity index is 1.25. The lowest BCUT2D eigenvalue weighted by atomic mass is 9.84. The van der Waals surface area contributed by atoms with Crippen LogP contribution in [0.25, 0.3) is 0 Å². The normalized spacial score (nSPS) is 36.6. The number of carbonyl (C=O) groups is 2. The molecule has 16 atom stereocenters. The maximum absolute atomic E-state index is 13.4. The molecule has 0 aromatic heterocycles. The van der Waals surface area contributed by atoms with Gasteiger partial charge in [-0.3, -0.25) is 9.59 Å². The molecule has 0 aromatic rings. The lowest BCUT2D eigenvalue weighted by Gasteiger charge is -2.36. The number of ether oxygens (including phenoxy) is 5.